The Kier molecular flexibility index (Phi) is 60.6. The summed E-state index contributed by atoms with van der Waals surface area (Å²) in [6, 6.07) is 0. The normalized spacial score (nSPS) is 13.8. The van der Waals surface area contributed by atoms with Crippen molar-refractivity contribution in [1.29, 1.82) is 0 Å². The predicted molar refractivity (Wildman–Crippen MR) is 363 cm³/mol. The number of nitrogens with zero attached hydrogens (tertiary/aromatic N) is 1. The van der Waals surface area contributed by atoms with Crippen LogP contribution >= 0.6 is 0 Å². The second-order valence-corrected chi connectivity index (χ2v) is 22.7. The fraction of sp³-hybridized carbons (Fsp3) is 0.592. The SMILES string of the molecule is CC/C=C\C/C=C\C/C=C\C/C=C\C/C=C\C/C=C\C/C=C\C/C=C\C/C=C\CCCCCC(=O)OC(COC(=O)CCCCCCCCCCCCCCC/C=C\C/C=C\C/C=C\C/C=C\C/C=C\CC)COC(OCC[N+](C)(C)C)C(=O)O. The third-order valence-electron chi connectivity index (χ3n) is 13.5. The minimum Gasteiger partial charge on any atom is -0.477 e. The van der Waals surface area contributed by atoms with Gasteiger partial charge >= 0.3 is 17.9 Å². The highest BCUT2D eigenvalue weighted by Crippen LogP contribution is 2.15. The standard InChI is InChI=1S/C76H121NO8/c1-6-8-10-12-14-16-18-20-22-24-26-28-30-32-34-36-37-39-41-43-45-47-49-51-53-55-57-59-61-63-65-67-74(79)85-72(71-84-76(75(80)81)82-69-68-77(3,4)5)70-83-73(78)66-64-62-60-58-56-54-52-50-48-46-44-42-40-38-35-33-31-29-27-25-23-21-19-17-15-13-11-9-7-2/h8-11,14-17,20-23,26-29,32-35,37,39,43,45,49,51,55,57,72,76H,6-7,12-13,18-19,24-25,30-31,36,38,40-42,44,46-48,50,52-54,56,58-71H2,1-5H3/p+1/b10-8-,11-9-,16-14-,17-15-,22-20-,23-21-,28-26-,29-27-,34-32-,35-33-,39-37-,45-43-,51-49-,57-55-. The highest BCUT2D eigenvalue weighted by Gasteiger charge is 2.25. The highest BCUT2D eigenvalue weighted by atomic mass is 16.7. The molecule has 0 bridgehead atoms. The molecule has 2 atom stereocenters. The van der Waals surface area contributed by atoms with Gasteiger partial charge in [-0.2, -0.15) is 0 Å². The molecule has 0 aromatic rings. The molecular weight excluding hydrogens is 1050 g/mol. The summed E-state index contributed by atoms with van der Waals surface area (Å²) in [5.74, 6) is -2.07. The van der Waals surface area contributed by atoms with Crippen molar-refractivity contribution in [3.05, 3.63) is 170 Å². The van der Waals surface area contributed by atoms with Crippen molar-refractivity contribution >= 4 is 17.9 Å². The molecule has 0 aromatic heterocycles. The van der Waals surface area contributed by atoms with Gasteiger partial charge in [-0.3, -0.25) is 9.59 Å². The molecule has 0 saturated heterocycles. The number of quaternary nitrogens is 1. The minimum absolute atomic E-state index is 0.171. The number of aliphatic carboxylic acids is 1. The fourth-order valence-corrected chi connectivity index (χ4v) is 8.44. The van der Waals surface area contributed by atoms with Gasteiger partial charge in [0.1, 0.15) is 13.2 Å². The first-order valence-corrected chi connectivity index (χ1v) is 33.3. The van der Waals surface area contributed by atoms with Gasteiger partial charge in [-0.05, 0) is 128 Å². The molecule has 0 saturated carbocycles. The molecule has 0 amide bonds. The van der Waals surface area contributed by atoms with Crippen LogP contribution in [0, 0.1) is 0 Å². The lowest BCUT2D eigenvalue weighted by Gasteiger charge is -2.25. The monoisotopic (exact) mass is 1180 g/mol. The van der Waals surface area contributed by atoms with Gasteiger partial charge in [0, 0.05) is 12.8 Å². The zero-order chi connectivity index (χ0) is 61.9. The van der Waals surface area contributed by atoms with Crippen LogP contribution in [-0.4, -0.2) is 87.4 Å². The van der Waals surface area contributed by atoms with E-state index in [1.165, 1.54) is 70.6 Å². The molecule has 85 heavy (non-hydrogen) atoms. The van der Waals surface area contributed by atoms with E-state index in [1.54, 1.807) is 0 Å². The molecule has 9 nitrogen and oxygen atoms in total. The number of carboxylic acids is 1. The van der Waals surface area contributed by atoms with Gasteiger partial charge in [-0.25, -0.2) is 4.79 Å². The van der Waals surface area contributed by atoms with E-state index in [1.807, 2.05) is 21.1 Å². The van der Waals surface area contributed by atoms with Gasteiger partial charge in [0.2, 0.25) is 0 Å². The van der Waals surface area contributed by atoms with Crippen LogP contribution in [-0.2, 0) is 33.3 Å². The van der Waals surface area contributed by atoms with E-state index >= 15 is 0 Å². The molecule has 2 unspecified atom stereocenters. The van der Waals surface area contributed by atoms with E-state index in [-0.39, 0.29) is 38.6 Å². The van der Waals surface area contributed by atoms with Crippen LogP contribution in [0.2, 0.25) is 0 Å². The number of hydrogen-bond acceptors (Lipinski definition) is 7. The molecule has 0 spiro atoms. The zero-order valence-corrected chi connectivity index (χ0v) is 54.4. The Balaban J connectivity index is 4.29. The summed E-state index contributed by atoms with van der Waals surface area (Å²) in [5, 5.41) is 9.74. The molecule has 0 fully saturated rings. The lowest BCUT2D eigenvalue weighted by atomic mass is 10.0. The molecule has 0 aliphatic carbocycles. The largest absolute Gasteiger partial charge is 0.477 e. The van der Waals surface area contributed by atoms with Gasteiger partial charge in [0.25, 0.3) is 6.29 Å². The van der Waals surface area contributed by atoms with Gasteiger partial charge in [0.05, 0.1) is 34.4 Å². The number of allylic oxidation sites excluding steroid dienone is 28. The molecule has 1 N–H and O–H groups in total. The fourth-order valence-electron chi connectivity index (χ4n) is 8.44. The lowest BCUT2D eigenvalue weighted by molar-refractivity contribution is -0.870. The zero-order valence-electron chi connectivity index (χ0n) is 54.4. The van der Waals surface area contributed by atoms with E-state index in [2.05, 4.69) is 184 Å². The number of esters is 2. The Hall–Kier alpha value is -5.35. The second kappa shape index (κ2) is 64.6. The van der Waals surface area contributed by atoms with E-state index in [0.717, 1.165) is 128 Å². The van der Waals surface area contributed by atoms with Crippen LogP contribution in [0.25, 0.3) is 0 Å². The number of carboxylic acid groups (broad SMARTS) is 1. The Morgan fingerprint density at radius 1 is 0.353 bits per heavy atom. The number of likely N-dealkylation sites (N-methyl/N-ethyl adjacent to an activating group) is 1. The van der Waals surface area contributed by atoms with Gasteiger partial charge in [-0.15, -0.1) is 0 Å². The molecule has 478 valence electrons. The Labute approximate surface area is 520 Å². The third-order valence-corrected chi connectivity index (χ3v) is 13.5. The first-order chi connectivity index (χ1) is 41.6. The molecule has 0 rings (SSSR count). The molecule has 0 radical (unpaired) electrons. The van der Waals surface area contributed by atoms with Crippen LogP contribution < -0.4 is 0 Å². The maximum Gasteiger partial charge on any atom is 0.361 e. The van der Waals surface area contributed by atoms with Gasteiger partial charge in [0.15, 0.2) is 6.10 Å². The molecule has 0 aromatic carbocycles. The first-order valence-electron chi connectivity index (χ1n) is 33.3. The van der Waals surface area contributed by atoms with Crippen LogP contribution in [0.15, 0.2) is 170 Å². The Morgan fingerprint density at radius 3 is 0.953 bits per heavy atom. The van der Waals surface area contributed by atoms with Crippen LogP contribution in [0.5, 0.6) is 0 Å². The molecular formula is C76H122NO8+. The summed E-state index contributed by atoms with van der Waals surface area (Å²) in [7, 11) is 5.95. The minimum atomic E-state index is -1.53. The van der Waals surface area contributed by atoms with Crippen molar-refractivity contribution in [3.63, 3.8) is 0 Å². The molecule has 9 heteroatoms. The number of carbonyl (C=O) groups is 3. The maximum absolute atomic E-state index is 12.9. The third kappa shape index (κ3) is 66.0. The van der Waals surface area contributed by atoms with Crippen molar-refractivity contribution in [3.8, 4) is 0 Å². The highest BCUT2D eigenvalue weighted by molar-refractivity contribution is 5.71. The van der Waals surface area contributed by atoms with Crippen molar-refractivity contribution < 1.29 is 42.9 Å². The van der Waals surface area contributed by atoms with Crippen LogP contribution in [0.1, 0.15) is 232 Å². The van der Waals surface area contributed by atoms with E-state index in [4.69, 9.17) is 18.9 Å². The van der Waals surface area contributed by atoms with Crippen molar-refractivity contribution in [2.45, 2.75) is 245 Å². The Morgan fingerprint density at radius 2 is 0.635 bits per heavy atom. The van der Waals surface area contributed by atoms with Crippen molar-refractivity contribution in [2.75, 3.05) is 47.5 Å². The van der Waals surface area contributed by atoms with Gasteiger partial charge < -0.3 is 28.5 Å². The van der Waals surface area contributed by atoms with Crippen LogP contribution in [0.4, 0.5) is 0 Å². The summed E-state index contributed by atoms with van der Waals surface area (Å²) < 4.78 is 22.9. The van der Waals surface area contributed by atoms with Gasteiger partial charge in [-0.1, -0.05) is 261 Å². The van der Waals surface area contributed by atoms with E-state index in [0.29, 0.717) is 17.4 Å². The molecule has 0 heterocycles. The molecule has 0 aliphatic rings. The summed E-state index contributed by atoms with van der Waals surface area (Å²) in [6.45, 7) is 4.59. The van der Waals surface area contributed by atoms with Crippen molar-refractivity contribution in [1.82, 2.24) is 0 Å². The number of unbranched alkanes of at least 4 members (excludes halogenated alkanes) is 16. The summed E-state index contributed by atoms with van der Waals surface area (Å²) in [5.41, 5.74) is 0. The number of carbonyl (C=O) groups excluding carboxylic acids is 2. The quantitative estimate of drug-likeness (QED) is 0.0211. The van der Waals surface area contributed by atoms with E-state index in [9.17, 15) is 19.5 Å². The first kappa shape index (κ1) is 79.7. The van der Waals surface area contributed by atoms with E-state index < -0.39 is 24.3 Å². The number of ether oxygens (including phenoxy) is 4. The smallest absolute Gasteiger partial charge is 0.361 e. The van der Waals surface area contributed by atoms with Crippen LogP contribution in [0.3, 0.4) is 0 Å². The second-order valence-electron chi connectivity index (χ2n) is 22.7. The number of rotatable bonds is 59. The molecule has 0 aliphatic heterocycles. The summed E-state index contributed by atoms with van der Waals surface area (Å²) in [6.07, 6.45) is 94.5. The summed E-state index contributed by atoms with van der Waals surface area (Å²) >= 11 is 0. The topological polar surface area (TPSA) is 108 Å². The Bertz CT molecular complexity index is 2000. The number of hydrogen-bond donors (Lipinski definition) is 1. The lowest BCUT2D eigenvalue weighted by Crippen LogP contribution is -2.40. The average Bonchev–Trinajstić information content (AvgIpc) is 3.49. The average molecular weight is 1180 g/mol. The summed E-state index contributed by atoms with van der Waals surface area (Å²) in [4.78, 5) is 37.6. The predicted octanol–water partition coefficient (Wildman–Crippen LogP) is 20.7. The maximum atomic E-state index is 12.9. The van der Waals surface area contributed by atoms with Crippen molar-refractivity contribution in [2.24, 2.45) is 0 Å².